The van der Waals surface area contributed by atoms with Crippen molar-refractivity contribution in [1.82, 2.24) is 20.7 Å². The summed E-state index contributed by atoms with van der Waals surface area (Å²) in [4.78, 5) is 11.8. The molecule has 0 aliphatic rings. The van der Waals surface area contributed by atoms with Crippen LogP contribution in [0.4, 0.5) is 0 Å². The van der Waals surface area contributed by atoms with Crippen molar-refractivity contribution in [2.75, 3.05) is 0 Å². The van der Waals surface area contributed by atoms with Crippen LogP contribution in [0.25, 0.3) is 0 Å². The molecule has 0 unspecified atom stereocenters. The number of rotatable bonds is 3. The summed E-state index contributed by atoms with van der Waals surface area (Å²) < 4.78 is 5.02. The third-order valence-corrected chi connectivity index (χ3v) is 2.68. The van der Waals surface area contributed by atoms with E-state index < -0.39 is 0 Å². The summed E-state index contributed by atoms with van der Waals surface area (Å²) in [6.45, 7) is 5.88. The van der Waals surface area contributed by atoms with Gasteiger partial charge in [0.2, 0.25) is 0 Å². The van der Waals surface area contributed by atoms with Gasteiger partial charge in [-0.05, 0) is 20.8 Å². The van der Waals surface area contributed by atoms with E-state index in [4.69, 9.17) is 4.52 Å². The Balaban J connectivity index is 2.05. The number of amides is 1. The van der Waals surface area contributed by atoms with Crippen molar-refractivity contribution < 1.29 is 9.32 Å². The minimum absolute atomic E-state index is 0.156. The van der Waals surface area contributed by atoms with Gasteiger partial charge < -0.3 is 9.84 Å². The number of hydrogen-bond donors (Lipinski definition) is 2. The lowest BCUT2D eigenvalue weighted by molar-refractivity contribution is 0.0950. The number of nitrogens with zero attached hydrogens (tertiary/aromatic N) is 2. The molecule has 17 heavy (non-hydrogen) atoms. The molecule has 2 heterocycles. The molecule has 0 saturated carbocycles. The van der Waals surface area contributed by atoms with Crippen molar-refractivity contribution in [3.63, 3.8) is 0 Å². The Hall–Kier alpha value is -2.11. The Kier molecular flexibility index (Phi) is 2.95. The third-order valence-electron chi connectivity index (χ3n) is 2.68. The predicted molar refractivity (Wildman–Crippen MR) is 60.5 cm³/mol. The lowest BCUT2D eigenvalue weighted by Crippen LogP contribution is -2.23. The normalized spacial score (nSPS) is 10.5. The van der Waals surface area contributed by atoms with Crippen molar-refractivity contribution in [3.8, 4) is 0 Å². The Morgan fingerprint density at radius 2 is 2.24 bits per heavy atom. The van der Waals surface area contributed by atoms with Crippen molar-refractivity contribution in [2.24, 2.45) is 0 Å². The molecular weight excluding hydrogens is 220 g/mol. The molecule has 6 heteroatoms. The van der Waals surface area contributed by atoms with Gasteiger partial charge in [-0.15, -0.1) is 0 Å². The molecule has 0 atom stereocenters. The van der Waals surface area contributed by atoms with Crippen LogP contribution in [0.2, 0.25) is 0 Å². The fourth-order valence-electron chi connectivity index (χ4n) is 1.60. The minimum atomic E-state index is -0.156. The van der Waals surface area contributed by atoms with Gasteiger partial charge in [-0.25, -0.2) is 0 Å². The molecule has 0 aromatic carbocycles. The van der Waals surface area contributed by atoms with E-state index in [0.717, 1.165) is 22.7 Å². The second-order valence-corrected chi connectivity index (χ2v) is 3.89. The van der Waals surface area contributed by atoms with Gasteiger partial charge in [-0.3, -0.25) is 9.89 Å². The van der Waals surface area contributed by atoms with Crippen LogP contribution in [0.15, 0.2) is 10.7 Å². The molecule has 2 rings (SSSR count). The van der Waals surface area contributed by atoms with E-state index in [2.05, 4.69) is 20.7 Å². The lowest BCUT2D eigenvalue weighted by atomic mass is 10.2. The number of carbonyl (C=O) groups is 1. The van der Waals surface area contributed by atoms with Crippen LogP contribution in [0.5, 0.6) is 0 Å². The van der Waals surface area contributed by atoms with Crippen molar-refractivity contribution >= 4 is 5.91 Å². The number of nitrogens with one attached hydrogen (secondary N) is 2. The Labute approximate surface area is 98.4 Å². The molecule has 2 N–H and O–H groups in total. The third kappa shape index (κ3) is 2.20. The Morgan fingerprint density at radius 1 is 1.47 bits per heavy atom. The zero-order chi connectivity index (χ0) is 12.4. The zero-order valence-corrected chi connectivity index (χ0v) is 10.00. The molecule has 0 aliphatic heterocycles. The zero-order valence-electron chi connectivity index (χ0n) is 10.00. The first-order valence-electron chi connectivity index (χ1n) is 5.29. The smallest absolute Gasteiger partial charge is 0.255 e. The van der Waals surface area contributed by atoms with Gasteiger partial charge in [0.25, 0.3) is 5.91 Å². The maximum atomic E-state index is 11.8. The topological polar surface area (TPSA) is 83.8 Å². The van der Waals surface area contributed by atoms with E-state index in [1.54, 1.807) is 6.92 Å². The van der Waals surface area contributed by atoms with E-state index >= 15 is 0 Å². The monoisotopic (exact) mass is 234 g/mol. The van der Waals surface area contributed by atoms with Gasteiger partial charge in [-0.1, -0.05) is 5.16 Å². The summed E-state index contributed by atoms with van der Waals surface area (Å²) in [6, 6.07) is 0. The molecule has 6 nitrogen and oxygen atoms in total. The van der Waals surface area contributed by atoms with E-state index in [1.165, 1.54) is 6.20 Å². The van der Waals surface area contributed by atoms with E-state index in [0.29, 0.717) is 12.1 Å². The minimum Gasteiger partial charge on any atom is -0.361 e. The summed E-state index contributed by atoms with van der Waals surface area (Å²) in [5, 5.41) is 13.2. The molecule has 2 aromatic heterocycles. The molecule has 0 radical (unpaired) electrons. The molecule has 1 amide bonds. The first-order valence-corrected chi connectivity index (χ1v) is 5.29. The SMILES string of the molecule is Cc1noc(C)c1CNC(=O)c1cn[nH]c1C. The quantitative estimate of drug-likeness (QED) is 0.837. The Bertz CT molecular complexity index is 522. The number of carbonyl (C=O) groups excluding carboxylic acids is 1. The van der Waals surface area contributed by atoms with Crippen LogP contribution < -0.4 is 5.32 Å². The molecule has 0 saturated heterocycles. The molecule has 90 valence electrons. The average Bonchev–Trinajstić information content (AvgIpc) is 2.84. The van der Waals surface area contributed by atoms with E-state index in [1.807, 2.05) is 13.8 Å². The number of hydrogen-bond acceptors (Lipinski definition) is 4. The second kappa shape index (κ2) is 4.40. The summed E-state index contributed by atoms with van der Waals surface area (Å²) in [6.07, 6.45) is 1.51. The number of aromatic amines is 1. The number of aryl methyl sites for hydroxylation is 3. The summed E-state index contributed by atoms with van der Waals surface area (Å²) in [7, 11) is 0. The van der Waals surface area contributed by atoms with Crippen LogP contribution in [-0.2, 0) is 6.54 Å². The predicted octanol–water partition coefficient (Wildman–Crippen LogP) is 1.25. The van der Waals surface area contributed by atoms with Crippen LogP contribution in [0.1, 0.15) is 33.1 Å². The van der Waals surface area contributed by atoms with Crippen molar-refractivity contribution in [3.05, 3.63) is 34.5 Å². The van der Waals surface area contributed by atoms with Gasteiger partial charge in [0.05, 0.1) is 17.5 Å². The number of aromatic nitrogens is 3. The maximum absolute atomic E-state index is 11.8. The molecule has 0 bridgehead atoms. The van der Waals surface area contributed by atoms with Crippen LogP contribution >= 0.6 is 0 Å². The molecule has 0 aliphatic carbocycles. The van der Waals surface area contributed by atoms with E-state index in [9.17, 15) is 4.79 Å². The summed E-state index contributed by atoms with van der Waals surface area (Å²) in [5.74, 6) is 0.572. The molecule has 2 aromatic rings. The van der Waals surface area contributed by atoms with Gasteiger partial charge in [0.1, 0.15) is 5.76 Å². The van der Waals surface area contributed by atoms with Crippen molar-refractivity contribution in [2.45, 2.75) is 27.3 Å². The first kappa shape index (κ1) is 11.4. The van der Waals surface area contributed by atoms with E-state index in [-0.39, 0.29) is 5.91 Å². The molecule has 0 spiro atoms. The highest BCUT2D eigenvalue weighted by atomic mass is 16.5. The molecule has 0 fully saturated rings. The highest BCUT2D eigenvalue weighted by Gasteiger charge is 2.13. The van der Waals surface area contributed by atoms with Gasteiger partial charge in [0.15, 0.2) is 0 Å². The largest absolute Gasteiger partial charge is 0.361 e. The molecular formula is C11H14N4O2. The maximum Gasteiger partial charge on any atom is 0.255 e. The lowest BCUT2D eigenvalue weighted by Gasteiger charge is -2.03. The fourth-order valence-corrected chi connectivity index (χ4v) is 1.60. The standard InChI is InChI=1S/C11H14N4O2/c1-6-10(5-13-14-6)11(16)12-4-9-7(2)15-17-8(9)3/h5H,4H2,1-3H3,(H,12,16)(H,13,14). The van der Waals surface area contributed by atoms with Gasteiger partial charge in [0, 0.05) is 17.8 Å². The van der Waals surface area contributed by atoms with Crippen LogP contribution in [0, 0.1) is 20.8 Å². The van der Waals surface area contributed by atoms with Gasteiger partial charge >= 0.3 is 0 Å². The fraction of sp³-hybridized carbons (Fsp3) is 0.364. The summed E-state index contributed by atoms with van der Waals surface area (Å²) in [5.41, 5.74) is 3.02. The highest BCUT2D eigenvalue weighted by Crippen LogP contribution is 2.12. The van der Waals surface area contributed by atoms with Gasteiger partial charge in [-0.2, -0.15) is 5.10 Å². The summed E-state index contributed by atoms with van der Waals surface area (Å²) >= 11 is 0. The second-order valence-electron chi connectivity index (χ2n) is 3.89. The Morgan fingerprint density at radius 3 is 2.76 bits per heavy atom. The number of H-pyrrole nitrogens is 1. The average molecular weight is 234 g/mol. The highest BCUT2D eigenvalue weighted by molar-refractivity contribution is 5.94. The van der Waals surface area contributed by atoms with Crippen LogP contribution in [0.3, 0.4) is 0 Å². The van der Waals surface area contributed by atoms with Crippen molar-refractivity contribution in [1.29, 1.82) is 0 Å². The van der Waals surface area contributed by atoms with Crippen LogP contribution in [-0.4, -0.2) is 21.3 Å². The first-order chi connectivity index (χ1) is 8.09.